The summed E-state index contributed by atoms with van der Waals surface area (Å²) in [6.45, 7) is 4.00. The molecule has 0 bridgehead atoms. The van der Waals surface area contributed by atoms with Crippen molar-refractivity contribution in [2.24, 2.45) is 0 Å². The smallest absolute Gasteiger partial charge is 0.273 e. The highest BCUT2D eigenvalue weighted by Gasteiger charge is 2.14. The summed E-state index contributed by atoms with van der Waals surface area (Å²) in [4.78, 5) is 33.9. The normalized spacial score (nSPS) is 10.5. The Bertz CT molecular complexity index is 660. The number of aromatic amines is 1. The van der Waals surface area contributed by atoms with Crippen LogP contribution in [-0.4, -0.2) is 27.4 Å². The molecule has 0 radical (unpaired) electrons. The lowest BCUT2D eigenvalue weighted by Crippen LogP contribution is -2.27. The average molecular weight is 276 g/mol. The maximum Gasteiger partial charge on any atom is 0.273 e. The van der Waals surface area contributed by atoms with Gasteiger partial charge in [0.1, 0.15) is 11.6 Å². The molecule has 0 saturated heterocycles. The van der Waals surface area contributed by atoms with E-state index < -0.39 is 0 Å². The van der Waals surface area contributed by atoms with Crippen molar-refractivity contribution in [2.45, 2.75) is 26.7 Å². The monoisotopic (exact) mass is 276 g/mol. The van der Waals surface area contributed by atoms with E-state index in [-0.39, 0.29) is 11.5 Å². The first-order chi connectivity index (χ1) is 9.60. The maximum atomic E-state index is 11.9. The van der Waals surface area contributed by atoms with Gasteiger partial charge in [-0.05, 0) is 6.92 Å². The molecule has 0 unspecified atom stereocenters. The predicted molar refractivity (Wildman–Crippen MR) is 71.5 cm³/mol. The molecule has 7 heteroatoms. The molecule has 0 aromatic carbocycles. The van der Waals surface area contributed by atoms with E-state index in [1.54, 1.807) is 6.92 Å². The van der Waals surface area contributed by atoms with Crippen LogP contribution in [0.4, 0.5) is 0 Å². The van der Waals surface area contributed by atoms with Crippen molar-refractivity contribution in [1.29, 1.82) is 0 Å². The quantitative estimate of drug-likeness (QED) is 0.832. The van der Waals surface area contributed by atoms with Gasteiger partial charge in [0.2, 0.25) is 0 Å². The molecule has 20 heavy (non-hydrogen) atoms. The van der Waals surface area contributed by atoms with Gasteiger partial charge in [0.05, 0.1) is 0 Å². The fraction of sp³-hybridized carbons (Fsp3) is 0.385. The lowest BCUT2D eigenvalue weighted by atomic mass is 10.2. The summed E-state index contributed by atoms with van der Waals surface area (Å²) < 4.78 is 5.10. The minimum absolute atomic E-state index is 0.191. The van der Waals surface area contributed by atoms with Crippen molar-refractivity contribution < 1.29 is 9.21 Å². The molecule has 7 nitrogen and oxygen atoms in total. The van der Waals surface area contributed by atoms with Crippen molar-refractivity contribution >= 4 is 5.91 Å². The maximum absolute atomic E-state index is 11.9. The van der Waals surface area contributed by atoms with Crippen LogP contribution in [0.3, 0.4) is 0 Å². The van der Waals surface area contributed by atoms with Crippen molar-refractivity contribution in [3.8, 4) is 0 Å². The van der Waals surface area contributed by atoms with Crippen molar-refractivity contribution in [2.75, 3.05) is 6.54 Å². The van der Waals surface area contributed by atoms with Crippen LogP contribution in [0.1, 0.15) is 34.7 Å². The summed E-state index contributed by atoms with van der Waals surface area (Å²) in [7, 11) is 0. The molecular weight excluding hydrogens is 260 g/mol. The van der Waals surface area contributed by atoms with Gasteiger partial charge in [-0.2, -0.15) is 0 Å². The molecule has 106 valence electrons. The number of carbonyl (C=O) groups is 1. The topological polar surface area (TPSA) is 101 Å². The zero-order chi connectivity index (χ0) is 14.5. The second-order valence-electron chi connectivity index (χ2n) is 4.32. The summed E-state index contributed by atoms with van der Waals surface area (Å²) >= 11 is 0. The Labute approximate surface area is 115 Å². The second-order valence-corrected chi connectivity index (χ2v) is 4.32. The number of H-pyrrole nitrogens is 1. The number of aryl methyl sites for hydroxylation is 2. The number of oxazole rings is 1. The van der Waals surface area contributed by atoms with Crippen LogP contribution in [0.5, 0.6) is 0 Å². The Morgan fingerprint density at radius 3 is 3.00 bits per heavy atom. The summed E-state index contributed by atoms with van der Waals surface area (Å²) in [6, 6.07) is 1.42. The van der Waals surface area contributed by atoms with Gasteiger partial charge in [0.25, 0.3) is 11.5 Å². The van der Waals surface area contributed by atoms with Crippen LogP contribution < -0.4 is 10.9 Å². The number of nitrogens with zero attached hydrogens (tertiary/aromatic N) is 2. The first-order valence-corrected chi connectivity index (χ1v) is 6.37. The first-order valence-electron chi connectivity index (χ1n) is 6.37. The van der Waals surface area contributed by atoms with Gasteiger partial charge >= 0.3 is 0 Å². The molecule has 0 aliphatic carbocycles. The lowest BCUT2D eigenvalue weighted by Gasteiger charge is -2.04. The summed E-state index contributed by atoms with van der Waals surface area (Å²) in [5, 5.41) is 2.72. The molecule has 0 spiro atoms. The SMILES string of the molecule is CCc1ocnc1C(=O)NCCc1nc(C)cc(=O)[nH]1. The minimum atomic E-state index is -0.286. The molecule has 2 rings (SSSR count). The van der Waals surface area contributed by atoms with E-state index in [1.165, 1.54) is 12.5 Å². The lowest BCUT2D eigenvalue weighted by molar-refractivity contribution is 0.0947. The standard InChI is InChI=1S/C13H16N4O3/c1-3-9-12(15-7-20-9)13(19)14-5-4-10-16-8(2)6-11(18)17-10/h6-7H,3-5H2,1-2H3,(H,14,19)(H,16,17,18). The van der Waals surface area contributed by atoms with Gasteiger partial charge in [-0.1, -0.05) is 6.92 Å². The molecule has 1 amide bonds. The number of hydrogen-bond donors (Lipinski definition) is 2. The van der Waals surface area contributed by atoms with E-state index in [1.807, 2.05) is 6.92 Å². The van der Waals surface area contributed by atoms with Crippen molar-refractivity contribution in [1.82, 2.24) is 20.3 Å². The number of hydrogen-bond acceptors (Lipinski definition) is 5. The van der Waals surface area contributed by atoms with Crippen LogP contribution >= 0.6 is 0 Å². The van der Waals surface area contributed by atoms with Gasteiger partial charge in [-0.3, -0.25) is 9.59 Å². The highest BCUT2D eigenvalue weighted by molar-refractivity contribution is 5.93. The highest BCUT2D eigenvalue weighted by Crippen LogP contribution is 2.06. The van der Waals surface area contributed by atoms with Crippen LogP contribution in [0.15, 0.2) is 21.7 Å². The summed E-state index contributed by atoms with van der Waals surface area (Å²) in [6.07, 6.45) is 2.31. The summed E-state index contributed by atoms with van der Waals surface area (Å²) in [5.41, 5.74) is 0.765. The Hall–Kier alpha value is -2.44. The van der Waals surface area contributed by atoms with Crippen molar-refractivity contribution in [3.05, 3.63) is 45.8 Å². The third kappa shape index (κ3) is 3.31. The fourth-order valence-corrected chi connectivity index (χ4v) is 1.84. The average Bonchev–Trinajstić information content (AvgIpc) is 2.85. The highest BCUT2D eigenvalue weighted by atomic mass is 16.3. The predicted octanol–water partition coefficient (Wildman–Crippen LogP) is 0.601. The van der Waals surface area contributed by atoms with Gasteiger partial charge in [-0.25, -0.2) is 9.97 Å². The van der Waals surface area contributed by atoms with Gasteiger partial charge in [0, 0.05) is 31.1 Å². The Morgan fingerprint density at radius 1 is 1.50 bits per heavy atom. The van der Waals surface area contributed by atoms with Crippen molar-refractivity contribution in [3.63, 3.8) is 0 Å². The molecule has 0 aliphatic heterocycles. The molecule has 0 aliphatic rings. The number of carbonyl (C=O) groups excluding carboxylic acids is 1. The molecule has 2 aromatic rings. The van der Waals surface area contributed by atoms with Gasteiger partial charge < -0.3 is 14.7 Å². The van der Waals surface area contributed by atoms with Gasteiger partial charge in [0.15, 0.2) is 12.1 Å². The molecule has 0 fully saturated rings. The first kappa shape index (κ1) is 14.0. The summed E-state index contributed by atoms with van der Waals surface area (Å²) in [5.74, 6) is 0.821. The number of aromatic nitrogens is 3. The molecule has 0 atom stereocenters. The van der Waals surface area contributed by atoms with Crippen LogP contribution in [0, 0.1) is 6.92 Å². The van der Waals surface area contributed by atoms with E-state index in [2.05, 4.69) is 20.3 Å². The Kier molecular flexibility index (Phi) is 4.29. The molecule has 2 aromatic heterocycles. The zero-order valence-electron chi connectivity index (χ0n) is 11.4. The largest absolute Gasteiger partial charge is 0.448 e. The Balaban J connectivity index is 1.93. The number of nitrogens with one attached hydrogen (secondary N) is 2. The fourth-order valence-electron chi connectivity index (χ4n) is 1.84. The van der Waals surface area contributed by atoms with Gasteiger partial charge in [-0.15, -0.1) is 0 Å². The molecule has 0 saturated carbocycles. The van der Waals surface area contributed by atoms with E-state index >= 15 is 0 Å². The van der Waals surface area contributed by atoms with E-state index in [9.17, 15) is 9.59 Å². The molecular formula is C13H16N4O3. The minimum Gasteiger partial charge on any atom is -0.448 e. The zero-order valence-corrected chi connectivity index (χ0v) is 11.4. The van der Waals surface area contributed by atoms with Crippen LogP contribution in [0.25, 0.3) is 0 Å². The molecule has 2 heterocycles. The molecule has 2 N–H and O–H groups in total. The Morgan fingerprint density at radius 2 is 2.30 bits per heavy atom. The third-order valence-electron chi connectivity index (χ3n) is 2.74. The number of rotatable bonds is 5. The van der Waals surface area contributed by atoms with E-state index in [0.29, 0.717) is 42.4 Å². The van der Waals surface area contributed by atoms with E-state index in [4.69, 9.17) is 4.42 Å². The third-order valence-corrected chi connectivity index (χ3v) is 2.74. The van der Waals surface area contributed by atoms with Crippen LogP contribution in [-0.2, 0) is 12.8 Å². The number of amides is 1. The van der Waals surface area contributed by atoms with E-state index in [0.717, 1.165) is 0 Å². The second kappa shape index (κ2) is 6.14. The van der Waals surface area contributed by atoms with Crippen LogP contribution in [0.2, 0.25) is 0 Å².